The molecule has 3 atom stereocenters. The van der Waals surface area contributed by atoms with Crippen LogP contribution in [0.25, 0.3) is 0 Å². The number of carbonyl (C=O) groups excluding carboxylic acids is 4. The first kappa shape index (κ1) is 18.8. The molecule has 1 saturated carbocycles. The van der Waals surface area contributed by atoms with Gasteiger partial charge in [-0.15, -0.1) is 0 Å². The van der Waals surface area contributed by atoms with Gasteiger partial charge in [-0.3, -0.25) is 29.4 Å². The van der Waals surface area contributed by atoms with Gasteiger partial charge in [-0.05, 0) is 43.4 Å². The van der Waals surface area contributed by atoms with Gasteiger partial charge in [0, 0.05) is 19.0 Å². The summed E-state index contributed by atoms with van der Waals surface area (Å²) < 4.78 is 0. The minimum Gasteiger partial charge on any atom is -0.330 e. The summed E-state index contributed by atoms with van der Waals surface area (Å²) >= 11 is 0. The number of hydrogen-bond acceptors (Lipinski definition) is 6. The van der Waals surface area contributed by atoms with Crippen LogP contribution in [0.5, 0.6) is 0 Å². The highest BCUT2D eigenvalue weighted by atomic mass is 16.2. The van der Waals surface area contributed by atoms with Gasteiger partial charge < -0.3 is 11.1 Å². The lowest BCUT2D eigenvalue weighted by Crippen LogP contribution is -2.54. The van der Waals surface area contributed by atoms with Crippen molar-refractivity contribution in [2.24, 2.45) is 11.7 Å². The van der Waals surface area contributed by atoms with Gasteiger partial charge in [0.05, 0.1) is 11.1 Å². The first-order chi connectivity index (χ1) is 13.5. The summed E-state index contributed by atoms with van der Waals surface area (Å²) in [5.74, 6) is -1.49. The number of nitrogens with zero attached hydrogens (tertiary/aromatic N) is 1. The van der Waals surface area contributed by atoms with Crippen LogP contribution in [0.15, 0.2) is 18.2 Å². The fourth-order valence-corrected chi connectivity index (χ4v) is 4.56. The van der Waals surface area contributed by atoms with Crippen LogP contribution in [-0.2, 0) is 16.1 Å². The third-order valence-corrected chi connectivity index (χ3v) is 6.07. The second-order valence-electron chi connectivity index (χ2n) is 7.70. The summed E-state index contributed by atoms with van der Waals surface area (Å²) in [5, 5.41) is 5.70. The number of hydrogen-bond donors (Lipinski definition) is 3. The molecule has 1 aromatic rings. The van der Waals surface area contributed by atoms with Crippen molar-refractivity contribution in [2.75, 3.05) is 6.54 Å². The smallest absolute Gasteiger partial charge is 0.262 e. The standard InChI is InChI=1S/C20H24N4O4/c21-9-11-3-2-6-14(11)22-10-12-4-1-5-13-17(12)20(28)24(19(13)27)15-7-8-16(25)23-18(15)26/h1,4-5,11,14-15,22H,2-3,6-10,21H2,(H,23,25,26). The van der Waals surface area contributed by atoms with E-state index in [4.69, 9.17) is 5.73 Å². The van der Waals surface area contributed by atoms with Crippen LogP contribution in [0.1, 0.15) is 58.4 Å². The molecular formula is C20H24N4O4. The van der Waals surface area contributed by atoms with Crippen molar-refractivity contribution in [1.29, 1.82) is 0 Å². The normalized spacial score (nSPS) is 27.3. The van der Waals surface area contributed by atoms with Crippen LogP contribution in [0.3, 0.4) is 0 Å². The summed E-state index contributed by atoms with van der Waals surface area (Å²) in [6.45, 7) is 1.10. The lowest BCUT2D eigenvalue weighted by Gasteiger charge is -2.27. The second-order valence-corrected chi connectivity index (χ2v) is 7.70. The molecule has 0 bridgehead atoms. The van der Waals surface area contributed by atoms with E-state index in [1.807, 2.05) is 6.07 Å². The largest absolute Gasteiger partial charge is 0.330 e. The van der Waals surface area contributed by atoms with Crippen LogP contribution in [0.2, 0.25) is 0 Å². The maximum Gasteiger partial charge on any atom is 0.262 e. The van der Waals surface area contributed by atoms with E-state index < -0.39 is 23.8 Å². The van der Waals surface area contributed by atoms with E-state index in [2.05, 4.69) is 10.6 Å². The van der Waals surface area contributed by atoms with Crippen LogP contribution >= 0.6 is 0 Å². The number of rotatable bonds is 5. The molecule has 28 heavy (non-hydrogen) atoms. The number of fused-ring (bicyclic) bond motifs is 1. The molecule has 8 heteroatoms. The number of nitrogens with two attached hydrogens (primary N) is 1. The number of piperidine rings is 1. The molecule has 0 spiro atoms. The topological polar surface area (TPSA) is 122 Å². The summed E-state index contributed by atoms with van der Waals surface area (Å²) in [5.41, 5.74) is 7.25. The minimum atomic E-state index is -0.942. The molecule has 8 nitrogen and oxygen atoms in total. The molecule has 3 unspecified atom stereocenters. The zero-order valence-corrected chi connectivity index (χ0v) is 15.6. The van der Waals surface area contributed by atoms with Gasteiger partial charge >= 0.3 is 0 Å². The average molecular weight is 384 g/mol. The van der Waals surface area contributed by atoms with Gasteiger partial charge in [0.15, 0.2) is 0 Å². The molecule has 1 aromatic carbocycles. The Hall–Kier alpha value is -2.58. The SMILES string of the molecule is NCC1CCCC1NCc1cccc2c1C(=O)N(C1CCC(=O)NC1=O)C2=O. The van der Waals surface area contributed by atoms with Crippen molar-refractivity contribution in [3.8, 4) is 0 Å². The quantitative estimate of drug-likeness (QED) is 0.628. The van der Waals surface area contributed by atoms with Crippen molar-refractivity contribution in [2.45, 2.75) is 50.7 Å². The van der Waals surface area contributed by atoms with Crippen molar-refractivity contribution in [3.05, 3.63) is 34.9 Å². The molecule has 0 aromatic heterocycles. The van der Waals surface area contributed by atoms with E-state index in [0.29, 0.717) is 36.2 Å². The molecule has 2 aliphatic heterocycles. The molecule has 1 saturated heterocycles. The molecular weight excluding hydrogens is 360 g/mol. The monoisotopic (exact) mass is 384 g/mol. The maximum atomic E-state index is 13.1. The summed E-state index contributed by atoms with van der Waals surface area (Å²) in [6.07, 6.45) is 3.55. The third-order valence-electron chi connectivity index (χ3n) is 6.07. The van der Waals surface area contributed by atoms with Gasteiger partial charge in [-0.1, -0.05) is 18.6 Å². The summed E-state index contributed by atoms with van der Waals surface area (Å²) in [7, 11) is 0. The van der Waals surface area contributed by atoms with E-state index in [-0.39, 0.29) is 18.7 Å². The molecule has 3 aliphatic rings. The van der Waals surface area contributed by atoms with E-state index in [1.54, 1.807) is 12.1 Å². The average Bonchev–Trinajstić information content (AvgIpc) is 3.24. The van der Waals surface area contributed by atoms with Crippen molar-refractivity contribution >= 4 is 23.6 Å². The molecule has 0 radical (unpaired) electrons. The molecule has 2 heterocycles. The fourth-order valence-electron chi connectivity index (χ4n) is 4.56. The Labute approximate surface area is 162 Å². The summed E-state index contributed by atoms with van der Waals surface area (Å²) in [4.78, 5) is 50.5. The Kier molecular flexibility index (Phi) is 4.99. The molecule has 4 amide bonds. The fraction of sp³-hybridized carbons (Fsp3) is 0.500. The first-order valence-electron chi connectivity index (χ1n) is 9.78. The van der Waals surface area contributed by atoms with E-state index >= 15 is 0 Å². The van der Waals surface area contributed by atoms with Gasteiger partial charge in [0.2, 0.25) is 11.8 Å². The zero-order chi connectivity index (χ0) is 19.8. The number of benzene rings is 1. The predicted octanol–water partition coefficient (Wildman–Crippen LogP) is 0.305. The van der Waals surface area contributed by atoms with Gasteiger partial charge in [0.25, 0.3) is 11.8 Å². The molecule has 4 rings (SSSR count). The zero-order valence-electron chi connectivity index (χ0n) is 15.6. The highest BCUT2D eigenvalue weighted by molar-refractivity contribution is 6.24. The summed E-state index contributed by atoms with van der Waals surface area (Å²) in [6, 6.07) is 4.56. The Bertz CT molecular complexity index is 853. The molecule has 1 aliphatic carbocycles. The second kappa shape index (κ2) is 7.44. The van der Waals surface area contributed by atoms with Crippen molar-refractivity contribution in [1.82, 2.24) is 15.5 Å². The number of carbonyl (C=O) groups is 4. The Morgan fingerprint density at radius 1 is 1.11 bits per heavy atom. The van der Waals surface area contributed by atoms with E-state index in [9.17, 15) is 19.2 Å². The van der Waals surface area contributed by atoms with Crippen molar-refractivity contribution in [3.63, 3.8) is 0 Å². The maximum absolute atomic E-state index is 13.1. The Morgan fingerprint density at radius 3 is 2.68 bits per heavy atom. The van der Waals surface area contributed by atoms with Gasteiger partial charge in [-0.25, -0.2) is 0 Å². The van der Waals surface area contributed by atoms with E-state index in [0.717, 1.165) is 29.7 Å². The van der Waals surface area contributed by atoms with Crippen LogP contribution in [0, 0.1) is 5.92 Å². The third kappa shape index (κ3) is 3.12. The van der Waals surface area contributed by atoms with E-state index in [1.165, 1.54) is 0 Å². The van der Waals surface area contributed by atoms with Crippen LogP contribution in [-0.4, -0.2) is 47.2 Å². The number of amides is 4. The van der Waals surface area contributed by atoms with Crippen molar-refractivity contribution < 1.29 is 19.2 Å². The molecule has 148 valence electrons. The molecule has 2 fully saturated rings. The number of imide groups is 2. The van der Waals surface area contributed by atoms with Gasteiger partial charge in [-0.2, -0.15) is 0 Å². The van der Waals surface area contributed by atoms with Crippen LogP contribution < -0.4 is 16.4 Å². The lowest BCUT2D eigenvalue weighted by molar-refractivity contribution is -0.136. The minimum absolute atomic E-state index is 0.111. The Morgan fingerprint density at radius 2 is 1.93 bits per heavy atom. The molecule has 4 N–H and O–H groups in total. The first-order valence-corrected chi connectivity index (χ1v) is 9.78. The highest BCUT2D eigenvalue weighted by Gasteiger charge is 2.45. The highest BCUT2D eigenvalue weighted by Crippen LogP contribution is 2.31. The van der Waals surface area contributed by atoms with Crippen LogP contribution in [0.4, 0.5) is 0 Å². The van der Waals surface area contributed by atoms with Gasteiger partial charge in [0.1, 0.15) is 6.04 Å². The Balaban J connectivity index is 1.56. The lowest BCUT2D eigenvalue weighted by atomic mass is 10.0. The predicted molar refractivity (Wildman–Crippen MR) is 100 cm³/mol. The number of nitrogens with one attached hydrogen (secondary N) is 2.